The number of piperazine rings is 1. The van der Waals surface area contributed by atoms with Gasteiger partial charge in [0.15, 0.2) is 5.82 Å². The Morgan fingerprint density at radius 3 is 2.53 bits per heavy atom. The third-order valence-corrected chi connectivity index (χ3v) is 7.83. The SMILES string of the molecule is CCOCC(=O)N1CCN(c2nn3c(NC4CCCC4)c(-c4ccc(CC)cc4)nc3s2)CC1. The van der Waals surface area contributed by atoms with Crippen molar-refractivity contribution in [3.63, 3.8) is 0 Å². The Labute approximate surface area is 204 Å². The van der Waals surface area contributed by atoms with E-state index in [1.807, 2.05) is 16.3 Å². The second-order valence-electron chi connectivity index (χ2n) is 9.07. The van der Waals surface area contributed by atoms with Crippen LogP contribution in [0.15, 0.2) is 24.3 Å². The van der Waals surface area contributed by atoms with Gasteiger partial charge in [-0.05, 0) is 31.7 Å². The fourth-order valence-corrected chi connectivity index (χ4v) is 5.74. The molecule has 0 unspecified atom stereocenters. The first-order valence-electron chi connectivity index (χ1n) is 12.5. The first-order valence-corrected chi connectivity index (χ1v) is 13.3. The van der Waals surface area contributed by atoms with Crippen LogP contribution in [0.5, 0.6) is 0 Å². The van der Waals surface area contributed by atoms with Crippen molar-refractivity contribution < 1.29 is 9.53 Å². The Hall–Kier alpha value is -2.65. The summed E-state index contributed by atoms with van der Waals surface area (Å²) >= 11 is 1.62. The number of hydrogen-bond donors (Lipinski definition) is 1. The van der Waals surface area contributed by atoms with Crippen LogP contribution in [0.25, 0.3) is 16.2 Å². The highest BCUT2D eigenvalue weighted by Crippen LogP contribution is 2.35. The second-order valence-corrected chi connectivity index (χ2v) is 10.0. The highest BCUT2D eigenvalue weighted by Gasteiger charge is 2.26. The Balaban J connectivity index is 1.38. The summed E-state index contributed by atoms with van der Waals surface area (Å²) in [5, 5.41) is 9.72. The number of aromatic nitrogens is 3. The molecule has 5 rings (SSSR count). The highest BCUT2D eigenvalue weighted by atomic mass is 32.1. The molecule has 34 heavy (non-hydrogen) atoms. The molecule has 1 aliphatic heterocycles. The first kappa shape index (κ1) is 23.1. The molecule has 1 amide bonds. The van der Waals surface area contributed by atoms with E-state index in [2.05, 4.69) is 41.4 Å². The van der Waals surface area contributed by atoms with Gasteiger partial charge in [-0.15, -0.1) is 5.10 Å². The molecule has 1 saturated carbocycles. The van der Waals surface area contributed by atoms with Crippen LogP contribution in [0.1, 0.15) is 45.1 Å². The maximum atomic E-state index is 12.3. The van der Waals surface area contributed by atoms with Gasteiger partial charge in [0.25, 0.3) is 0 Å². The molecular formula is C25H34N6O2S. The smallest absolute Gasteiger partial charge is 0.248 e. The van der Waals surface area contributed by atoms with E-state index in [0.29, 0.717) is 25.7 Å². The average Bonchev–Trinajstić information content (AvgIpc) is 3.61. The molecule has 3 heterocycles. The lowest BCUT2D eigenvalue weighted by Gasteiger charge is -2.34. The molecular weight excluding hydrogens is 448 g/mol. The Kier molecular flexibility index (Phi) is 7.01. The van der Waals surface area contributed by atoms with E-state index < -0.39 is 0 Å². The normalized spacial score (nSPS) is 17.1. The third-order valence-electron chi connectivity index (χ3n) is 6.86. The Bertz CT molecular complexity index is 1110. The number of ether oxygens (including phenoxy) is 1. The van der Waals surface area contributed by atoms with Crippen LogP contribution >= 0.6 is 11.3 Å². The van der Waals surface area contributed by atoms with Crippen molar-refractivity contribution in [3.05, 3.63) is 29.8 Å². The van der Waals surface area contributed by atoms with Crippen molar-refractivity contribution in [2.45, 2.75) is 52.0 Å². The number of imidazole rings is 1. The molecule has 1 N–H and O–H groups in total. The van der Waals surface area contributed by atoms with Gasteiger partial charge in [-0.25, -0.2) is 4.98 Å². The zero-order chi connectivity index (χ0) is 23.5. The molecule has 1 saturated heterocycles. The van der Waals surface area contributed by atoms with E-state index in [1.165, 1.54) is 31.2 Å². The average molecular weight is 483 g/mol. The Morgan fingerprint density at radius 1 is 1.12 bits per heavy atom. The third kappa shape index (κ3) is 4.77. The van der Waals surface area contributed by atoms with Gasteiger partial charge in [0.1, 0.15) is 12.3 Å². The van der Waals surface area contributed by atoms with Crippen molar-refractivity contribution in [3.8, 4) is 11.3 Å². The Morgan fingerprint density at radius 2 is 1.85 bits per heavy atom. The molecule has 1 aromatic carbocycles. The summed E-state index contributed by atoms with van der Waals surface area (Å²) in [6, 6.07) is 9.19. The predicted octanol–water partition coefficient (Wildman–Crippen LogP) is 4.06. The molecule has 182 valence electrons. The van der Waals surface area contributed by atoms with Gasteiger partial charge in [0.2, 0.25) is 16.0 Å². The molecule has 0 atom stereocenters. The number of rotatable bonds is 8. The number of anilines is 2. The molecule has 2 fully saturated rings. The zero-order valence-corrected chi connectivity index (χ0v) is 20.9. The van der Waals surface area contributed by atoms with Crippen LogP contribution in [0.4, 0.5) is 10.9 Å². The molecule has 0 radical (unpaired) electrons. The van der Waals surface area contributed by atoms with E-state index in [1.54, 1.807) is 11.3 Å². The monoisotopic (exact) mass is 482 g/mol. The summed E-state index contributed by atoms with van der Waals surface area (Å²) < 4.78 is 7.28. The van der Waals surface area contributed by atoms with Crippen molar-refractivity contribution >= 4 is 33.2 Å². The number of amides is 1. The predicted molar refractivity (Wildman–Crippen MR) is 137 cm³/mol. The minimum Gasteiger partial charge on any atom is -0.372 e. The van der Waals surface area contributed by atoms with Gasteiger partial charge in [0, 0.05) is 44.4 Å². The molecule has 3 aromatic rings. The van der Waals surface area contributed by atoms with E-state index in [0.717, 1.165) is 46.7 Å². The number of carbonyl (C=O) groups is 1. The first-order chi connectivity index (χ1) is 16.7. The molecule has 0 bridgehead atoms. The van der Waals surface area contributed by atoms with E-state index in [-0.39, 0.29) is 12.5 Å². The van der Waals surface area contributed by atoms with Crippen LogP contribution in [-0.4, -0.2) is 70.8 Å². The van der Waals surface area contributed by atoms with Gasteiger partial charge >= 0.3 is 0 Å². The van der Waals surface area contributed by atoms with Crippen molar-refractivity contribution in [2.24, 2.45) is 0 Å². The van der Waals surface area contributed by atoms with Gasteiger partial charge in [0.05, 0.1) is 0 Å². The van der Waals surface area contributed by atoms with Crippen LogP contribution < -0.4 is 10.2 Å². The summed E-state index contributed by atoms with van der Waals surface area (Å²) in [5.41, 5.74) is 3.43. The maximum absolute atomic E-state index is 12.3. The maximum Gasteiger partial charge on any atom is 0.248 e. The number of nitrogens with one attached hydrogen (secondary N) is 1. The van der Waals surface area contributed by atoms with E-state index in [9.17, 15) is 4.79 Å². The fourth-order valence-electron chi connectivity index (χ4n) is 4.79. The lowest BCUT2D eigenvalue weighted by Crippen LogP contribution is -2.49. The summed E-state index contributed by atoms with van der Waals surface area (Å²) in [4.78, 5) is 22.3. The standard InChI is InChI=1S/C25H34N6O2S/c1-3-18-9-11-19(12-10-18)22-23(26-20-7-5-6-8-20)31-24(27-22)34-25(28-31)30-15-13-29(14-16-30)21(32)17-33-4-2/h9-12,20,26H,3-8,13-17H2,1-2H3. The van der Waals surface area contributed by atoms with E-state index in [4.69, 9.17) is 14.8 Å². The number of benzene rings is 1. The topological polar surface area (TPSA) is 75.0 Å². The zero-order valence-electron chi connectivity index (χ0n) is 20.1. The van der Waals surface area contributed by atoms with Gasteiger partial charge in [-0.1, -0.05) is 55.4 Å². The van der Waals surface area contributed by atoms with Crippen molar-refractivity contribution in [1.29, 1.82) is 0 Å². The van der Waals surface area contributed by atoms with Gasteiger partial charge in [-0.3, -0.25) is 4.79 Å². The lowest BCUT2D eigenvalue weighted by atomic mass is 10.1. The number of hydrogen-bond acceptors (Lipinski definition) is 7. The highest BCUT2D eigenvalue weighted by molar-refractivity contribution is 7.20. The molecule has 9 heteroatoms. The lowest BCUT2D eigenvalue weighted by molar-refractivity contribution is -0.136. The molecule has 1 aliphatic carbocycles. The van der Waals surface area contributed by atoms with Crippen LogP contribution in [0, 0.1) is 0 Å². The van der Waals surface area contributed by atoms with Crippen LogP contribution in [-0.2, 0) is 16.0 Å². The minimum atomic E-state index is 0.0669. The molecule has 2 aromatic heterocycles. The molecule has 0 spiro atoms. The summed E-state index contributed by atoms with van der Waals surface area (Å²) in [6.45, 7) is 7.73. The second kappa shape index (κ2) is 10.3. The number of carbonyl (C=O) groups excluding carboxylic acids is 1. The van der Waals surface area contributed by atoms with Crippen LogP contribution in [0.2, 0.25) is 0 Å². The summed E-state index contributed by atoms with van der Waals surface area (Å²) in [5.74, 6) is 1.07. The van der Waals surface area contributed by atoms with Crippen molar-refractivity contribution in [2.75, 3.05) is 49.6 Å². The number of fused-ring (bicyclic) bond motifs is 1. The summed E-state index contributed by atoms with van der Waals surface area (Å²) in [6.07, 6.45) is 5.96. The van der Waals surface area contributed by atoms with Crippen molar-refractivity contribution in [1.82, 2.24) is 19.5 Å². The van der Waals surface area contributed by atoms with Gasteiger partial charge in [-0.2, -0.15) is 4.52 Å². The number of aryl methyl sites for hydroxylation is 1. The minimum absolute atomic E-state index is 0.0669. The largest absolute Gasteiger partial charge is 0.372 e. The fraction of sp³-hybridized carbons (Fsp3) is 0.560. The molecule has 2 aliphatic rings. The van der Waals surface area contributed by atoms with Crippen LogP contribution in [0.3, 0.4) is 0 Å². The quantitative estimate of drug-likeness (QED) is 0.522. The summed E-state index contributed by atoms with van der Waals surface area (Å²) in [7, 11) is 0. The van der Waals surface area contributed by atoms with Gasteiger partial charge < -0.3 is 19.9 Å². The molecule has 8 nitrogen and oxygen atoms in total. The van der Waals surface area contributed by atoms with E-state index >= 15 is 0 Å². The number of nitrogens with zero attached hydrogens (tertiary/aromatic N) is 5.